The molecule has 0 bridgehead atoms. The Kier molecular flexibility index (Phi) is 6.27. The van der Waals surface area contributed by atoms with E-state index < -0.39 is 28.4 Å². The normalized spacial score (nSPS) is 10.6. The van der Waals surface area contributed by atoms with Gasteiger partial charge in [-0.25, -0.2) is 14.0 Å². The first-order valence-corrected chi connectivity index (χ1v) is 10.1. The van der Waals surface area contributed by atoms with Gasteiger partial charge in [-0.1, -0.05) is 35.3 Å². The van der Waals surface area contributed by atoms with Gasteiger partial charge >= 0.3 is 11.4 Å². The number of halogens is 3. The average molecular weight is 501 g/mol. The zero-order valence-electron chi connectivity index (χ0n) is 16.8. The van der Waals surface area contributed by atoms with Crippen molar-refractivity contribution in [2.45, 2.75) is 6.54 Å². The van der Waals surface area contributed by atoms with Crippen LogP contribution in [0.3, 0.4) is 0 Å². The highest BCUT2D eigenvalue weighted by atomic mass is 35.5. The molecule has 2 aromatic heterocycles. The summed E-state index contributed by atoms with van der Waals surface area (Å²) in [6, 6.07) is 9.78. The van der Waals surface area contributed by atoms with Crippen molar-refractivity contribution in [3.05, 3.63) is 107 Å². The first-order valence-electron chi connectivity index (χ1n) is 9.37. The molecule has 2 aromatic carbocycles. The minimum Gasteiger partial charge on any atom is -0.451 e. The molecule has 0 aliphatic rings. The lowest BCUT2D eigenvalue weighted by Crippen LogP contribution is -2.33. The molecule has 4 rings (SSSR count). The van der Waals surface area contributed by atoms with E-state index in [2.05, 4.69) is 10.1 Å². The van der Waals surface area contributed by atoms with E-state index in [1.54, 1.807) is 6.07 Å². The maximum atomic E-state index is 13.1. The third-order valence-corrected chi connectivity index (χ3v) is 5.04. The third kappa shape index (κ3) is 4.73. The number of nitrogens with zero attached hydrogens (tertiary/aromatic N) is 5. The van der Waals surface area contributed by atoms with Crippen LogP contribution in [0.5, 0.6) is 11.5 Å². The van der Waals surface area contributed by atoms with Crippen molar-refractivity contribution < 1.29 is 9.13 Å². The van der Waals surface area contributed by atoms with Gasteiger partial charge < -0.3 is 4.74 Å². The molecule has 4 aromatic rings. The molecule has 0 unspecified atom stereocenters. The van der Waals surface area contributed by atoms with Gasteiger partial charge in [-0.3, -0.25) is 14.3 Å². The molecule has 1 N–H and O–H groups in total. The number of nitriles is 1. The summed E-state index contributed by atoms with van der Waals surface area (Å²) < 4.78 is 20.8. The second kappa shape index (κ2) is 9.30. The Morgan fingerprint density at radius 3 is 2.44 bits per heavy atom. The number of aromatic amines is 1. The van der Waals surface area contributed by atoms with Crippen LogP contribution in [-0.4, -0.2) is 24.3 Å². The summed E-state index contributed by atoms with van der Waals surface area (Å²) in [4.78, 5) is 41.5. The topological polar surface area (TPSA) is 136 Å². The Balaban J connectivity index is 1.66. The summed E-state index contributed by atoms with van der Waals surface area (Å²) in [5.41, 5.74) is -2.17. The predicted octanol–water partition coefficient (Wildman–Crippen LogP) is 2.64. The first-order chi connectivity index (χ1) is 16.2. The van der Waals surface area contributed by atoms with E-state index in [1.807, 2.05) is 4.98 Å². The first kappa shape index (κ1) is 22.9. The minimum atomic E-state index is -0.927. The smallest absolute Gasteiger partial charge is 0.349 e. The summed E-state index contributed by atoms with van der Waals surface area (Å²) in [5.74, 6) is -0.273. The molecule has 0 atom stereocenters. The second-order valence-corrected chi connectivity index (χ2v) is 7.61. The van der Waals surface area contributed by atoms with Crippen LogP contribution in [0.25, 0.3) is 5.69 Å². The van der Waals surface area contributed by atoms with Crippen molar-refractivity contribution in [3.8, 4) is 23.3 Å². The Morgan fingerprint density at radius 2 is 1.79 bits per heavy atom. The van der Waals surface area contributed by atoms with Gasteiger partial charge in [0.2, 0.25) is 5.69 Å². The van der Waals surface area contributed by atoms with Gasteiger partial charge in [0.05, 0.1) is 34.7 Å². The number of ether oxygens (including phenoxy) is 1. The van der Waals surface area contributed by atoms with E-state index >= 15 is 0 Å². The summed E-state index contributed by atoms with van der Waals surface area (Å²) in [6.07, 6.45) is 2.56. The quantitative estimate of drug-likeness (QED) is 0.444. The van der Waals surface area contributed by atoms with Crippen LogP contribution in [0.4, 0.5) is 4.39 Å². The Labute approximate surface area is 199 Å². The summed E-state index contributed by atoms with van der Waals surface area (Å²) in [6.45, 7) is 0.117. The number of aromatic nitrogens is 5. The van der Waals surface area contributed by atoms with Crippen molar-refractivity contribution in [1.82, 2.24) is 24.3 Å². The minimum absolute atomic E-state index is 0.00107. The zero-order valence-corrected chi connectivity index (χ0v) is 18.3. The van der Waals surface area contributed by atoms with Gasteiger partial charge in [0, 0.05) is 0 Å². The molecule has 170 valence electrons. The Bertz CT molecular complexity index is 1600. The van der Waals surface area contributed by atoms with Gasteiger partial charge in [-0.2, -0.15) is 14.9 Å². The van der Waals surface area contributed by atoms with Crippen LogP contribution in [0.1, 0.15) is 11.3 Å². The molecule has 0 fully saturated rings. The Morgan fingerprint density at radius 1 is 1.12 bits per heavy atom. The fourth-order valence-corrected chi connectivity index (χ4v) is 3.47. The van der Waals surface area contributed by atoms with Gasteiger partial charge in [0.25, 0.3) is 5.56 Å². The highest BCUT2D eigenvalue weighted by Crippen LogP contribution is 2.37. The molecule has 0 amide bonds. The zero-order chi connectivity index (χ0) is 24.4. The predicted molar refractivity (Wildman–Crippen MR) is 119 cm³/mol. The summed E-state index contributed by atoms with van der Waals surface area (Å²) >= 11 is 12.6. The molecule has 0 aliphatic heterocycles. The summed E-state index contributed by atoms with van der Waals surface area (Å²) in [7, 11) is 0. The Hall–Kier alpha value is -4.27. The van der Waals surface area contributed by atoms with Gasteiger partial charge in [-0.15, -0.1) is 5.10 Å². The SMILES string of the molecule is N#Cc1nn(-c2cc(Cl)c(Oc3cnc(=O)n(Cc4ccc(F)cc4)c3)c(Cl)c2)c(=O)[nH]c1=O. The molecular formula is C21H11Cl2FN6O4. The van der Waals surface area contributed by atoms with Crippen LogP contribution in [0.2, 0.25) is 10.0 Å². The van der Waals surface area contributed by atoms with E-state index in [1.165, 1.54) is 53.4 Å². The van der Waals surface area contributed by atoms with Gasteiger partial charge in [-0.05, 0) is 29.8 Å². The average Bonchev–Trinajstić information content (AvgIpc) is 2.80. The number of H-pyrrole nitrogens is 1. The molecule has 34 heavy (non-hydrogen) atoms. The molecule has 0 spiro atoms. The molecule has 0 radical (unpaired) electrons. The van der Waals surface area contributed by atoms with Crippen LogP contribution < -0.4 is 21.7 Å². The second-order valence-electron chi connectivity index (χ2n) is 6.80. The largest absolute Gasteiger partial charge is 0.451 e. The van der Waals surface area contributed by atoms with Crippen molar-refractivity contribution in [2.75, 3.05) is 0 Å². The van der Waals surface area contributed by atoms with Crippen LogP contribution in [-0.2, 0) is 6.54 Å². The molecule has 13 heteroatoms. The maximum Gasteiger partial charge on any atom is 0.349 e. The number of hydrogen-bond acceptors (Lipinski definition) is 7. The lowest BCUT2D eigenvalue weighted by atomic mass is 10.2. The molecular weight excluding hydrogens is 490 g/mol. The monoisotopic (exact) mass is 500 g/mol. The van der Waals surface area contributed by atoms with E-state index in [4.69, 9.17) is 33.2 Å². The van der Waals surface area contributed by atoms with Gasteiger partial charge in [0.15, 0.2) is 11.5 Å². The fourth-order valence-electron chi connectivity index (χ4n) is 2.92. The molecule has 0 saturated heterocycles. The van der Waals surface area contributed by atoms with Gasteiger partial charge in [0.1, 0.15) is 11.9 Å². The number of benzene rings is 2. The van der Waals surface area contributed by atoms with Crippen LogP contribution in [0, 0.1) is 17.1 Å². The number of rotatable bonds is 5. The highest BCUT2D eigenvalue weighted by molar-refractivity contribution is 6.37. The number of nitrogens with one attached hydrogen (secondary N) is 1. The fraction of sp³-hybridized carbons (Fsp3) is 0.0476. The highest BCUT2D eigenvalue weighted by Gasteiger charge is 2.16. The molecule has 0 saturated carbocycles. The third-order valence-electron chi connectivity index (χ3n) is 4.48. The maximum absolute atomic E-state index is 13.1. The van der Waals surface area contributed by atoms with Crippen molar-refractivity contribution in [2.24, 2.45) is 0 Å². The van der Waals surface area contributed by atoms with E-state index in [0.29, 0.717) is 5.56 Å². The molecule has 2 heterocycles. The van der Waals surface area contributed by atoms with E-state index in [9.17, 15) is 18.8 Å². The lowest BCUT2D eigenvalue weighted by Gasteiger charge is -2.13. The van der Waals surface area contributed by atoms with Crippen molar-refractivity contribution >= 4 is 23.2 Å². The van der Waals surface area contributed by atoms with Crippen molar-refractivity contribution in [3.63, 3.8) is 0 Å². The lowest BCUT2D eigenvalue weighted by molar-refractivity contribution is 0.469. The van der Waals surface area contributed by atoms with Crippen LogP contribution in [0.15, 0.2) is 63.2 Å². The molecule has 0 aliphatic carbocycles. The van der Waals surface area contributed by atoms with Crippen molar-refractivity contribution in [1.29, 1.82) is 5.26 Å². The summed E-state index contributed by atoms with van der Waals surface area (Å²) in [5, 5.41) is 12.6. The molecule has 10 nitrogen and oxygen atoms in total. The van der Waals surface area contributed by atoms with Crippen LogP contribution >= 0.6 is 23.2 Å². The van der Waals surface area contributed by atoms with E-state index in [0.717, 1.165) is 4.68 Å². The standard InChI is InChI=1S/C21H11Cl2FN6O4/c22-15-5-13(30-21(33)27-19(31)17(7-25)28-30)6-16(23)18(15)34-14-8-26-20(32)29(10-14)9-11-1-3-12(24)4-2-11/h1-6,8,10H,9H2,(H,27,31,33). The van der Waals surface area contributed by atoms with E-state index in [-0.39, 0.29) is 33.8 Å². The number of hydrogen-bond donors (Lipinski definition) is 1.